The summed E-state index contributed by atoms with van der Waals surface area (Å²) in [6, 6.07) is 24.8. The zero-order chi connectivity index (χ0) is 21.6. The first-order valence-electron chi connectivity index (χ1n) is 10.9. The predicted molar refractivity (Wildman–Crippen MR) is 127 cm³/mol. The van der Waals surface area contributed by atoms with Crippen molar-refractivity contribution in [1.82, 2.24) is 0 Å². The van der Waals surface area contributed by atoms with Crippen LogP contribution in [0.2, 0.25) is 0 Å². The van der Waals surface area contributed by atoms with Gasteiger partial charge in [-0.1, -0.05) is 60.4 Å². The van der Waals surface area contributed by atoms with Crippen molar-refractivity contribution in [2.24, 2.45) is 0 Å². The van der Waals surface area contributed by atoms with Crippen molar-refractivity contribution in [3.05, 3.63) is 83.9 Å². The third-order valence-corrected chi connectivity index (χ3v) is 5.40. The SMILES string of the molecule is C(#Cc1cc2ccccc2c2ccccc12)c1ccc2c(c1)OCCOCCOCCO2. The van der Waals surface area contributed by atoms with Crippen molar-refractivity contribution in [3.63, 3.8) is 0 Å². The molecule has 0 unspecified atom stereocenters. The molecule has 0 amide bonds. The van der Waals surface area contributed by atoms with Gasteiger partial charge in [0.25, 0.3) is 0 Å². The number of hydrogen-bond acceptors (Lipinski definition) is 4. The van der Waals surface area contributed by atoms with Crippen LogP contribution in [0, 0.1) is 11.8 Å². The summed E-state index contributed by atoms with van der Waals surface area (Å²) in [5.41, 5.74) is 1.88. The third-order valence-electron chi connectivity index (χ3n) is 5.40. The van der Waals surface area contributed by atoms with Crippen molar-refractivity contribution in [2.45, 2.75) is 0 Å². The van der Waals surface area contributed by atoms with E-state index in [1.807, 2.05) is 18.2 Å². The van der Waals surface area contributed by atoms with E-state index >= 15 is 0 Å². The standard InChI is InChI=1S/C28H24O4/c1-2-6-24-22(5-1)20-23(25-7-3-4-8-26(24)25)11-9-21-10-12-27-28(19-21)32-18-16-30-14-13-29-15-17-31-27/h1-8,10,12,19-20H,13-18H2. The number of fused-ring (bicyclic) bond motifs is 4. The normalized spacial score (nSPS) is 14.8. The van der Waals surface area contributed by atoms with E-state index in [1.165, 1.54) is 16.2 Å². The molecule has 4 nitrogen and oxygen atoms in total. The Bertz CT molecular complexity index is 1300. The number of rotatable bonds is 0. The second kappa shape index (κ2) is 9.74. The molecule has 1 aliphatic heterocycles. The molecule has 1 aliphatic rings. The van der Waals surface area contributed by atoms with Gasteiger partial charge in [0.1, 0.15) is 13.2 Å². The summed E-state index contributed by atoms with van der Waals surface area (Å²) in [7, 11) is 0. The average Bonchev–Trinajstić information content (AvgIpc) is 2.83. The molecular weight excluding hydrogens is 400 g/mol. The van der Waals surface area contributed by atoms with Gasteiger partial charge in [-0.05, 0) is 45.8 Å². The van der Waals surface area contributed by atoms with Gasteiger partial charge in [-0.3, -0.25) is 0 Å². The first-order valence-corrected chi connectivity index (χ1v) is 10.9. The highest BCUT2D eigenvalue weighted by Crippen LogP contribution is 2.30. The summed E-state index contributed by atoms with van der Waals surface area (Å²) in [5.74, 6) is 8.05. The van der Waals surface area contributed by atoms with Crippen molar-refractivity contribution in [1.29, 1.82) is 0 Å². The maximum Gasteiger partial charge on any atom is 0.162 e. The van der Waals surface area contributed by atoms with Crippen LogP contribution >= 0.6 is 0 Å². The Morgan fingerprint density at radius 1 is 0.531 bits per heavy atom. The lowest BCUT2D eigenvalue weighted by molar-refractivity contribution is 0.0223. The van der Waals surface area contributed by atoms with Crippen LogP contribution in [0.25, 0.3) is 21.5 Å². The Balaban J connectivity index is 1.49. The van der Waals surface area contributed by atoms with Crippen molar-refractivity contribution < 1.29 is 18.9 Å². The quantitative estimate of drug-likeness (QED) is 0.287. The smallest absolute Gasteiger partial charge is 0.162 e. The van der Waals surface area contributed by atoms with E-state index in [0.29, 0.717) is 51.1 Å². The van der Waals surface area contributed by atoms with Crippen LogP contribution in [0.4, 0.5) is 0 Å². The Morgan fingerprint density at radius 2 is 1.19 bits per heavy atom. The molecule has 0 atom stereocenters. The fourth-order valence-electron chi connectivity index (χ4n) is 3.86. The fourth-order valence-corrected chi connectivity index (χ4v) is 3.86. The summed E-state index contributed by atoms with van der Waals surface area (Å²) in [6.07, 6.45) is 0. The van der Waals surface area contributed by atoms with Crippen molar-refractivity contribution in [3.8, 4) is 23.3 Å². The predicted octanol–water partition coefficient (Wildman–Crippen LogP) is 5.20. The number of hydrogen-bond donors (Lipinski definition) is 0. The summed E-state index contributed by atoms with van der Waals surface area (Å²) in [6.45, 7) is 3.05. The van der Waals surface area contributed by atoms with Crippen LogP contribution < -0.4 is 9.47 Å². The summed E-state index contributed by atoms with van der Waals surface area (Å²) in [5, 5.41) is 4.80. The Hall–Kier alpha value is -3.52. The number of benzene rings is 4. The molecule has 0 spiro atoms. The van der Waals surface area contributed by atoms with Gasteiger partial charge in [0, 0.05) is 11.1 Å². The molecule has 4 aromatic rings. The lowest BCUT2D eigenvalue weighted by Gasteiger charge is -2.15. The summed E-state index contributed by atoms with van der Waals surface area (Å²) >= 11 is 0. The first-order chi connectivity index (χ1) is 15.9. The van der Waals surface area contributed by atoms with Crippen LogP contribution in [-0.2, 0) is 9.47 Å². The second-order valence-electron chi connectivity index (χ2n) is 7.52. The minimum absolute atomic E-state index is 0.447. The second-order valence-corrected chi connectivity index (χ2v) is 7.52. The zero-order valence-electron chi connectivity index (χ0n) is 17.8. The summed E-state index contributed by atoms with van der Waals surface area (Å²) in [4.78, 5) is 0. The molecule has 5 rings (SSSR count). The monoisotopic (exact) mass is 424 g/mol. The summed E-state index contributed by atoms with van der Waals surface area (Å²) < 4.78 is 22.8. The molecule has 0 N–H and O–H groups in total. The van der Waals surface area contributed by atoms with E-state index in [1.54, 1.807) is 0 Å². The van der Waals surface area contributed by atoms with Crippen molar-refractivity contribution in [2.75, 3.05) is 39.6 Å². The molecule has 0 radical (unpaired) electrons. The molecular formula is C28H24O4. The molecule has 0 saturated carbocycles. The van der Waals surface area contributed by atoms with Crippen LogP contribution in [0.15, 0.2) is 72.8 Å². The van der Waals surface area contributed by atoms with Crippen LogP contribution in [0.5, 0.6) is 11.5 Å². The van der Waals surface area contributed by atoms with E-state index in [2.05, 4.69) is 66.4 Å². The topological polar surface area (TPSA) is 36.9 Å². The average molecular weight is 424 g/mol. The molecule has 0 saturated heterocycles. The number of ether oxygens (including phenoxy) is 4. The first kappa shape index (κ1) is 20.4. The van der Waals surface area contributed by atoms with E-state index in [0.717, 1.165) is 16.5 Å². The van der Waals surface area contributed by atoms with E-state index in [-0.39, 0.29) is 0 Å². The van der Waals surface area contributed by atoms with Gasteiger partial charge in [0.15, 0.2) is 11.5 Å². The van der Waals surface area contributed by atoms with E-state index in [9.17, 15) is 0 Å². The Morgan fingerprint density at radius 3 is 2.00 bits per heavy atom. The van der Waals surface area contributed by atoms with E-state index in [4.69, 9.17) is 18.9 Å². The van der Waals surface area contributed by atoms with Crippen LogP contribution in [0.3, 0.4) is 0 Å². The minimum atomic E-state index is 0.447. The van der Waals surface area contributed by atoms with Gasteiger partial charge >= 0.3 is 0 Å². The van der Waals surface area contributed by atoms with Gasteiger partial charge < -0.3 is 18.9 Å². The molecule has 0 aromatic heterocycles. The van der Waals surface area contributed by atoms with Gasteiger partial charge in [-0.25, -0.2) is 0 Å². The lowest BCUT2D eigenvalue weighted by Crippen LogP contribution is -2.15. The largest absolute Gasteiger partial charge is 0.487 e. The highest BCUT2D eigenvalue weighted by molar-refractivity contribution is 6.09. The van der Waals surface area contributed by atoms with Crippen molar-refractivity contribution >= 4 is 21.5 Å². The fraction of sp³-hybridized carbons (Fsp3) is 0.214. The molecule has 1 heterocycles. The zero-order valence-corrected chi connectivity index (χ0v) is 17.8. The minimum Gasteiger partial charge on any atom is -0.487 e. The third kappa shape index (κ3) is 4.55. The Labute approximate surface area is 187 Å². The molecule has 0 aliphatic carbocycles. The Kier molecular flexibility index (Phi) is 6.20. The van der Waals surface area contributed by atoms with Gasteiger partial charge in [-0.15, -0.1) is 0 Å². The molecule has 160 valence electrons. The molecule has 0 fully saturated rings. The van der Waals surface area contributed by atoms with Gasteiger partial charge in [0.05, 0.1) is 26.4 Å². The lowest BCUT2D eigenvalue weighted by atomic mass is 9.97. The molecule has 32 heavy (non-hydrogen) atoms. The van der Waals surface area contributed by atoms with Gasteiger partial charge in [-0.2, -0.15) is 0 Å². The highest BCUT2D eigenvalue weighted by Gasteiger charge is 2.08. The van der Waals surface area contributed by atoms with Gasteiger partial charge in [0.2, 0.25) is 0 Å². The van der Waals surface area contributed by atoms with Crippen LogP contribution in [-0.4, -0.2) is 39.6 Å². The molecule has 4 aromatic carbocycles. The van der Waals surface area contributed by atoms with E-state index < -0.39 is 0 Å². The highest BCUT2D eigenvalue weighted by atomic mass is 16.6. The van der Waals surface area contributed by atoms with Crippen LogP contribution in [0.1, 0.15) is 11.1 Å². The molecule has 4 heteroatoms. The maximum atomic E-state index is 5.92. The molecule has 0 bridgehead atoms. The maximum absolute atomic E-state index is 5.92.